The summed E-state index contributed by atoms with van der Waals surface area (Å²) in [6.07, 6.45) is 0. The number of hydrogen-bond donors (Lipinski definition) is 1. The van der Waals surface area contributed by atoms with Gasteiger partial charge < -0.3 is 9.84 Å². The van der Waals surface area contributed by atoms with Gasteiger partial charge in [0, 0.05) is 5.02 Å². The Bertz CT molecular complexity index is 544. The van der Waals surface area contributed by atoms with Crippen LogP contribution in [-0.4, -0.2) is 11.7 Å². The lowest BCUT2D eigenvalue weighted by Gasteiger charge is -2.10. The molecule has 0 fully saturated rings. The minimum absolute atomic E-state index is 0.172. The van der Waals surface area contributed by atoms with Gasteiger partial charge in [0.15, 0.2) is 0 Å². The monoisotopic (exact) mass is 262 g/mol. The van der Waals surface area contributed by atoms with Crippen LogP contribution in [0.5, 0.6) is 11.5 Å². The van der Waals surface area contributed by atoms with E-state index in [-0.39, 0.29) is 5.75 Å². The first-order valence-corrected chi connectivity index (χ1v) is 6.21. The van der Waals surface area contributed by atoms with Crippen LogP contribution in [0.25, 0.3) is 11.1 Å². The molecule has 0 heterocycles. The van der Waals surface area contributed by atoms with Crippen molar-refractivity contribution in [2.24, 2.45) is 0 Å². The highest BCUT2D eigenvalue weighted by Crippen LogP contribution is 2.31. The molecule has 0 saturated carbocycles. The average Bonchev–Trinajstić information content (AvgIpc) is 2.28. The van der Waals surface area contributed by atoms with Crippen LogP contribution in [0, 0.1) is 6.92 Å². The molecular formula is C15H15ClO2. The molecule has 0 radical (unpaired) electrons. The van der Waals surface area contributed by atoms with Gasteiger partial charge in [-0.05, 0) is 60.9 Å². The van der Waals surface area contributed by atoms with Gasteiger partial charge in [-0.2, -0.15) is 0 Å². The largest absolute Gasteiger partial charge is 0.508 e. The van der Waals surface area contributed by atoms with Crippen LogP contribution < -0.4 is 4.74 Å². The fraction of sp³-hybridized carbons (Fsp3) is 0.200. The van der Waals surface area contributed by atoms with Crippen molar-refractivity contribution in [1.82, 2.24) is 0 Å². The molecule has 0 aliphatic rings. The van der Waals surface area contributed by atoms with Crippen LogP contribution in [0.3, 0.4) is 0 Å². The number of ether oxygens (including phenoxy) is 1. The van der Waals surface area contributed by atoms with Gasteiger partial charge in [0.1, 0.15) is 11.5 Å². The third-order valence-electron chi connectivity index (χ3n) is 2.70. The molecule has 0 saturated heterocycles. The number of phenolic OH excluding ortho intramolecular Hbond substituents is 1. The minimum atomic E-state index is 0.172. The minimum Gasteiger partial charge on any atom is -0.508 e. The molecule has 2 aromatic rings. The number of hydrogen-bond acceptors (Lipinski definition) is 2. The summed E-state index contributed by atoms with van der Waals surface area (Å²) >= 11 is 5.95. The SMILES string of the molecule is CCOc1ccc(-c2cc(O)cc(Cl)c2)c(C)c1. The summed E-state index contributed by atoms with van der Waals surface area (Å²) in [4.78, 5) is 0. The number of benzene rings is 2. The zero-order valence-electron chi connectivity index (χ0n) is 10.4. The highest BCUT2D eigenvalue weighted by molar-refractivity contribution is 6.31. The van der Waals surface area contributed by atoms with Gasteiger partial charge in [-0.15, -0.1) is 0 Å². The van der Waals surface area contributed by atoms with Gasteiger partial charge in [-0.3, -0.25) is 0 Å². The van der Waals surface area contributed by atoms with Crippen LogP contribution in [0.2, 0.25) is 5.02 Å². The summed E-state index contributed by atoms with van der Waals surface area (Å²) in [6.45, 7) is 4.62. The van der Waals surface area contributed by atoms with Crippen molar-refractivity contribution in [2.75, 3.05) is 6.61 Å². The van der Waals surface area contributed by atoms with E-state index in [0.717, 1.165) is 22.4 Å². The first-order chi connectivity index (χ1) is 8.60. The summed E-state index contributed by atoms with van der Waals surface area (Å²) in [6, 6.07) is 10.9. The van der Waals surface area contributed by atoms with Crippen molar-refractivity contribution in [3.05, 3.63) is 47.0 Å². The van der Waals surface area contributed by atoms with E-state index in [0.29, 0.717) is 11.6 Å². The lowest BCUT2D eigenvalue weighted by molar-refractivity contribution is 0.340. The van der Waals surface area contributed by atoms with E-state index in [9.17, 15) is 5.11 Å². The smallest absolute Gasteiger partial charge is 0.119 e. The summed E-state index contributed by atoms with van der Waals surface area (Å²) in [5.74, 6) is 1.02. The Morgan fingerprint density at radius 1 is 1.17 bits per heavy atom. The molecule has 0 unspecified atom stereocenters. The van der Waals surface area contributed by atoms with E-state index >= 15 is 0 Å². The van der Waals surface area contributed by atoms with E-state index < -0.39 is 0 Å². The van der Waals surface area contributed by atoms with Crippen molar-refractivity contribution in [2.45, 2.75) is 13.8 Å². The third kappa shape index (κ3) is 2.77. The van der Waals surface area contributed by atoms with Crippen LogP contribution in [-0.2, 0) is 0 Å². The molecule has 0 spiro atoms. The molecule has 0 atom stereocenters. The Kier molecular flexibility index (Phi) is 3.78. The van der Waals surface area contributed by atoms with Crippen LogP contribution in [0.1, 0.15) is 12.5 Å². The number of aromatic hydroxyl groups is 1. The quantitative estimate of drug-likeness (QED) is 0.887. The summed E-state index contributed by atoms with van der Waals surface area (Å²) in [5, 5.41) is 10.1. The molecule has 2 rings (SSSR count). The number of aryl methyl sites for hydroxylation is 1. The molecule has 3 heteroatoms. The van der Waals surface area contributed by atoms with E-state index in [1.54, 1.807) is 6.07 Å². The van der Waals surface area contributed by atoms with Gasteiger partial charge >= 0.3 is 0 Å². The van der Waals surface area contributed by atoms with Crippen molar-refractivity contribution in [3.63, 3.8) is 0 Å². The molecule has 0 amide bonds. The van der Waals surface area contributed by atoms with Gasteiger partial charge in [-0.1, -0.05) is 17.7 Å². The second kappa shape index (κ2) is 5.32. The van der Waals surface area contributed by atoms with Crippen molar-refractivity contribution >= 4 is 11.6 Å². The maximum atomic E-state index is 9.58. The third-order valence-corrected chi connectivity index (χ3v) is 2.92. The maximum Gasteiger partial charge on any atom is 0.119 e. The molecule has 2 nitrogen and oxygen atoms in total. The Morgan fingerprint density at radius 3 is 2.56 bits per heavy atom. The summed E-state index contributed by atoms with van der Waals surface area (Å²) in [7, 11) is 0. The normalized spacial score (nSPS) is 10.4. The molecular weight excluding hydrogens is 248 g/mol. The second-order valence-corrected chi connectivity index (χ2v) is 4.54. The molecule has 0 aromatic heterocycles. The molecule has 0 aliphatic carbocycles. The Morgan fingerprint density at radius 2 is 1.94 bits per heavy atom. The Hall–Kier alpha value is -1.67. The van der Waals surface area contributed by atoms with Crippen molar-refractivity contribution in [3.8, 4) is 22.6 Å². The van der Waals surface area contributed by atoms with Gasteiger partial charge in [-0.25, -0.2) is 0 Å². The highest BCUT2D eigenvalue weighted by Gasteiger charge is 2.06. The van der Waals surface area contributed by atoms with E-state index in [2.05, 4.69) is 0 Å². The van der Waals surface area contributed by atoms with Gasteiger partial charge in [0.05, 0.1) is 6.61 Å². The van der Waals surface area contributed by atoms with Crippen LogP contribution in [0.4, 0.5) is 0 Å². The molecule has 18 heavy (non-hydrogen) atoms. The maximum absolute atomic E-state index is 9.58. The zero-order valence-corrected chi connectivity index (χ0v) is 11.2. The molecule has 2 aromatic carbocycles. The molecule has 0 aliphatic heterocycles. The van der Waals surface area contributed by atoms with Gasteiger partial charge in [0.25, 0.3) is 0 Å². The molecule has 94 valence electrons. The topological polar surface area (TPSA) is 29.5 Å². The van der Waals surface area contributed by atoms with Crippen molar-refractivity contribution in [1.29, 1.82) is 0 Å². The first kappa shape index (κ1) is 12.8. The van der Waals surface area contributed by atoms with Crippen LogP contribution >= 0.6 is 11.6 Å². The summed E-state index contributed by atoms with van der Waals surface area (Å²) < 4.78 is 5.45. The van der Waals surface area contributed by atoms with Crippen molar-refractivity contribution < 1.29 is 9.84 Å². The number of phenols is 1. The fourth-order valence-electron chi connectivity index (χ4n) is 1.95. The lowest BCUT2D eigenvalue weighted by atomic mass is 10.0. The summed E-state index contributed by atoms with van der Waals surface area (Å²) in [5.41, 5.74) is 3.03. The predicted molar refractivity (Wildman–Crippen MR) is 74.5 cm³/mol. The van der Waals surface area contributed by atoms with Gasteiger partial charge in [0.2, 0.25) is 0 Å². The average molecular weight is 263 g/mol. The molecule has 1 N–H and O–H groups in total. The fourth-order valence-corrected chi connectivity index (χ4v) is 2.18. The predicted octanol–water partition coefficient (Wildman–Crippen LogP) is 4.42. The zero-order chi connectivity index (χ0) is 13.1. The standard InChI is InChI=1S/C15H15ClO2/c1-3-18-14-4-5-15(10(2)6-14)11-7-12(16)9-13(17)8-11/h4-9,17H,3H2,1-2H3. The van der Waals surface area contributed by atoms with E-state index in [1.165, 1.54) is 6.07 Å². The van der Waals surface area contributed by atoms with E-state index in [4.69, 9.17) is 16.3 Å². The van der Waals surface area contributed by atoms with Crippen LogP contribution in [0.15, 0.2) is 36.4 Å². The Labute approximate surface area is 112 Å². The highest BCUT2D eigenvalue weighted by atomic mass is 35.5. The Balaban J connectivity index is 2.44. The molecule has 0 bridgehead atoms. The lowest BCUT2D eigenvalue weighted by Crippen LogP contribution is -1.92. The number of rotatable bonds is 3. The number of halogens is 1. The van der Waals surface area contributed by atoms with E-state index in [1.807, 2.05) is 38.1 Å². The second-order valence-electron chi connectivity index (χ2n) is 4.11. The first-order valence-electron chi connectivity index (χ1n) is 5.83.